The summed E-state index contributed by atoms with van der Waals surface area (Å²) in [6.45, 7) is 7.04. The summed E-state index contributed by atoms with van der Waals surface area (Å²) in [7, 11) is 0. The molecule has 5 atom stereocenters. The van der Waals surface area contributed by atoms with Gasteiger partial charge in [-0.25, -0.2) is 4.98 Å². The van der Waals surface area contributed by atoms with Crippen LogP contribution in [0.15, 0.2) is 40.9 Å². The van der Waals surface area contributed by atoms with Crippen molar-refractivity contribution in [3.63, 3.8) is 0 Å². The van der Waals surface area contributed by atoms with Gasteiger partial charge < -0.3 is 35.3 Å². The molecule has 3 heterocycles. The van der Waals surface area contributed by atoms with Gasteiger partial charge in [0.05, 0.1) is 23.2 Å². The minimum Gasteiger partial charge on any atom is -0.472 e. The minimum atomic E-state index is -4.59. The number of nitrogens with zero attached hydrogens (tertiary/aromatic N) is 3. The van der Waals surface area contributed by atoms with Crippen LogP contribution in [0.25, 0.3) is 11.1 Å². The molecule has 0 spiro atoms. The Hall–Kier alpha value is -4.93. The van der Waals surface area contributed by atoms with Gasteiger partial charge in [-0.05, 0) is 67.7 Å². The van der Waals surface area contributed by atoms with Gasteiger partial charge in [0.1, 0.15) is 29.7 Å². The molecule has 0 bridgehead atoms. The van der Waals surface area contributed by atoms with Crippen LogP contribution in [-0.4, -0.2) is 87.1 Å². The van der Waals surface area contributed by atoms with E-state index in [0.29, 0.717) is 24.3 Å². The minimum absolute atomic E-state index is 0.00796. The molecule has 4 N–H and O–H groups in total. The van der Waals surface area contributed by atoms with E-state index < -0.39 is 76.8 Å². The number of aromatic nitrogens is 2. The largest absolute Gasteiger partial charge is 0.472 e. The SMILES string of the molecule is CCC[C@H](NC(=O)[C@@H]1C[C@@H](Oc2ccc(Cl)cn2)CN1C(=O)[C@@H](NC(=O)[C@@H](Nc1nc2cc(C(F)(F)F)ccc2o1)C1CCCCC1)C(C)(C)C)C(=O)C(=O)NC1CC1. The molecular formula is C41H51ClF3N7O7. The number of nitrogens with one attached hydrogen (secondary N) is 4. The zero-order valence-electron chi connectivity index (χ0n) is 33.5. The normalized spacial score (nSPS) is 20.4. The van der Waals surface area contributed by atoms with Crippen molar-refractivity contribution in [2.75, 3.05) is 11.9 Å². The van der Waals surface area contributed by atoms with Crippen LogP contribution in [0.5, 0.6) is 5.88 Å². The molecule has 0 radical (unpaired) electrons. The Morgan fingerprint density at radius 2 is 1.73 bits per heavy atom. The zero-order valence-corrected chi connectivity index (χ0v) is 34.3. The molecule has 6 rings (SSSR count). The summed E-state index contributed by atoms with van der Waals surface area (Å²) < 4.78 is 52.2. The molecule has 320 valence electrons. The number of benzene rings is 1. The second kappa shape index (κ2) is 18.1. The summed E-state index contributed by atoms with van der Waals surface area (Å²) >= 11 is 6.02. The Bertz CT molecular complexity index is 2010. The topological polar surface area (TPSA) is 185 Å². The summed E-state index contributed by atoms with van der Waals surface area (Å²) in [5.74, 6) is -3.38. The number of fused-ring (bicyclic) bond motifs is 1. The van der Waals surface area contributed by atoms with Crippen LogP contribution < -0.4 is 26.0 Å². The smallest absolute Gasteiger partial charge is 0.416 e. The lowest BCUT2D eigenvalue weighted by molar-refractivity contribution is -0.145. The molecule has 18 heteroatoms. The van der Waals surface area contributed by atoms with E-state index in [0.717, 1.165) is 44.2 Å². The van der Waals surface area contributed by atoms with Gasteiger partial charge in [-0.3, -0.25) is 24.0 Å². The molecule has 1 aliphatic heterocycles. The van der Waals surface area contributed by atoms with E-state index in [9.17, 15) is 37.1 Å². The number of pyridine rings is 1. The summed E-state index contributed by atoms with van der Waals surface area (Å²) in [5, 5.41) is 11.8. The lowest BCUT2D eigenvalue weighted by Gasteiger charge is -2.37. The van der Waals surface area contributed by atoms with E-state index >= 15 is 0 Å². The molecule has 3 fully saturated rings. The Kier molecular flexibility index (Phi) is 13.4. The number of Topliss-reactive ketones (excluding diaryl/α,β-unsaturated/α-hetero) is 1. The lowest BCUT2D eigenvalue weighted by atomic mass is 9.82. The number of alkyl halides is 3. The van der Waals surface area contributed by atoms with Crippen molar-refractivity contribution in [1.29, 1.82) is 0 Å². The summed E-state index contributed by atoms with van der Waals surface area (Å²) in [6, 6.07) is 1.42. The summed E-state index contributed by atoms with van der Waals surface area (Å²) in [4.78, 5) is 79.1. The van der Waals surface area contributed by atoms with Crippen LogP contribution in [0.4, 0.5) is 19.2 Å². The fourth-order valence-corrected chi connectivity index (χ4v) is 7.77. The predicted molar refractivity (Wildman–Crippen MR) is 211 cm³/mol. The van der Waals surface area contributed by atoms with E-state index in [-0.39, 0.29) is 54.3 Å². The number of oxazole rings is 1. The van der Waals surface area contributed by atoms with Crippen LogP contribution in [0, 0.1) is 11.3 Å². The number of likely N-dealkylation sites (tertiary alicyclic amines) is 1. The lowest BCUT2D eigenvalue weighted by Crippen LogP contribution is -2.61. The van der Waals surface area contributed by atoms with E-state index in [2.05, 4.69) is 31.2 Å². The number of carbonyl (C=O) groups is 5. The van der Waals surface area contributed by atoms with Crippen LogP contribution in [0.2, 0.25) is 5.02 Å². The quantitative estimate of drug-likeness (QED) is 0.133. The Morgan fingerprint density at radius 1 is 1.00 bits per heavy atom. The third kappa shape index (κ3) is 11.0. The number of amides is 4. The van der Waals surface area contributed by atoms with Crippen molar-refractivity contribution < 1.29 is 46.3 Å². The van der Waals surface area contributed by atoms with Crippen LogP contribution in [-0.2, 0) is 30.1 Å². The number of ketones is 1. The van der Waals surface area contributed by atoms with Crippen molar-refractivity contribution >= 4 is 58.1 Å². The van der Waals surface area contributed by atoms with Gasteiger partial charge in [0, 0.05) is 24.7 Å². The van der Waals surface area contributed by atoms with Gasteiger partial charge in [-0.1, -0.05) is 65.0 Å². The summed E-state index contributed by atoms with van der Waals surface area (Å²) in [6.07, 6.45) is 2.32. The number of anilines is 1. The van der Waals surface area contributed by atoms with Crippen LogP contribution in [0.1, 0.15) is 97.5 Å². The molecule has 2 aliphatic carbocycles. The number of halogens is 4. The first kappa shape index (κ1) is 43.6. The van der Waals surface area contributed by atoms with Gasteiger partial charge in [0.25, 0.3) is 11.9 Å². The van der Waals surface area contributed by atoms with Gasteiger partial charge >= 0.3 is 6.18 Å². The number of carbonyl (C=O) groups excluding carboxylic acids is 5. The first-order chi connectivity index (χ1) is 27.9. The second-order valence-corrected chi connectivity index (χ2v) is 17.2. The maximum absolute atomic E-state index is 14.8. The second-order valence-electron chi connectivity index (χ2n) is 16.8. The number of rotatable bonds is 15. The van der Waals surface area contributed by atoms with Crippen LogP contribution in [0.3, 0.4) is 0 Å². The van der Waals surface area contributed by atoms with Crippen molar-refractivity contribution in [2.24, 2.45) is 11.3 Å². The molecular weight excluding hydrogens is 795 g/mol. The molecule has 3 aromatic rings. The number of hydrogen-bond donors (Lipinski definition) is 4. The Labute approximate surface area is 345 Å². The monoisotopic (exact) mass is 845 g/mol. The van der Waals surface area contributed by atoms with Crippen molar-refractivity contribution in [2.45, 2.75) is 134 Å². The van der Waals surface area contributed by atoms with Gasteiger partial charge in [0.2, 0.25) is 29.4 Å². The molecule has 14 nitrogen and oxygen atoms in total. The third-order valence-electron chi connectivity index (χ3n) is 11.0. The average Bonchev–Trinajstić information content (AvgIpc) is 3.74. The van der Waals surface area contributed by atoms with Gasteiger partial charge in [-0.2, -0.15) is 18.2 Å². The van der Waals surface area contributed by atoms with Gasteiger partial charge in [-0.15, -0.1) is 0 Å². The standard InChI is InChI=1S/C41H51ClF3N7O7/c1-5-9-27(33(53)37(56)47-25-14-15-25)48-35(54)29-19-26(58-31-17-13-24(42)20-46-31)21-52(29)38(57)34(40(2,3)4)51-36(55)32(22-10-7-6-8-11-22)50-39-49-28-18-23(41(43,44)45)12-16-30(28)59-39/h12-13,16-18,20,22,25-27,29,32,34H,5-11,14-15,19,21H2,1-4H3,(H,47,56)(H,48,54)(H,49,50)(H,51,55)/t26-,27+,29+,32+,34-/m1/s1. The van der Waals surface area contributed by atoms with Crippen LogP contribution >= 0.6 is 11.6 Å². The predicted octanol–water partition coefficient (Wildman–Crippen LogP) is 5.97. The van der Waals surface area contributed by atoms with E-state index in [4.69, 9.17) is 20.8 Å². The zero-order chi connectivity index (χ0) is 42.6. The maximum atomic E-state index is 14.8. The highest BCUT2D eigenvalue weighted by Crippen LogP contribution is 2.34. The number of hydrogen-bond acceptors (Lipinski definition) is 10. The number of ether oxygens (including phenoxy) is 1. The average molecular weight is 846 g/mol. The third-order valence-corrected chi connectivity index (χ3v) is 11.2. The molecule has 3 aliphatic rings. The molecule has 1 saturated heterocycles. The highest BCUT2D eigenvalue weighted by Gasteiger charge is 2.47. The fraction of sp³-hybridized carbons (Fsp3) is 0.585. The van der Waals surface area contributed by atoms with E-state index in [1.807, 2.05) is 6.92 Å². The molecule has 4 amide bonds. The summed E-state index contributed by atoms with van der Waals surface area (Å²) in [5.41, 5.74) is -1.74. The molecule has 1 aromatic carbocycles. The molecule has 2 aromatic heterocycles. The van der Waals surface area contributed by atoms with E-state index in [1.165, 1.54) is 17.2 Å². The Morgan fingerprint density at radius 3 is 2.36 bits per heavy atom. The van der Waals surface area contributed by atoms with E-state index in [1.54, 1.807) is 32.9 Å². The fourth-order valence-electron chi connectivity index (χ4n) is 7.66. The Balaban J connectivity index is 1.26. The first-order valence-electron chi connectivity index (χ1n) is 20.2. The first-order valence-corrected chi connectivity index (χ1v) is 20.6. The van der Waals surface area contributed by atoms with Gasteiger partial charge in [0.15, 0.2) is 5.58 Å². The van der Waals surface area contributed by atoms with Crippen molar-refractivity contribution in [3.05, 3.63) is 47.1 Å². The highest BCUT2D eigenvalue weighted by atomic mass is 35.5. The molecule has 2 saturated carbocycles. The molecule has 0 unspecified atom stereocenters. The molecule has 59 heavy (non-hydrogen) atoms. The van der Waals surface area contributed by atoms with Crippen molar-refractivity contribution in [3.8, 4) is 5.88 Å². The van der Waals surface area contributed by atoms with Crippen molar-refractivity contribution in [1.82, 2.24) is 30.8 Å². The maximum Gasteiger partial charge on any atom is 0.416 e. The highest BCUT2D eigenvalue weighted by molar-refractivity contribution is 6.38.